The molecule has 1 heterocycles. The summed E-state index contributed by atoms with van der Waals surface area (Å²) in [5.74, 6) is -1.38. The Bertz CT molecular complexity index is 616. The standard InChI is InChI=1S/C12H8N2O5/c13-8-9(12(15)16)4-2-1-3-5-10-6-7-11(19-10)14(17)18/h1-7H,(H,15,16). The molecule has 0 amide bonds. The SMILES string of the molecule is N#CC(=CC=CC=Cc1ccc([N+](=O)[O-])o1)C(=O)O. The number of nitriles is 1. The zero-order chi connectivity index (χ0) is 14.3. The normalized spacial score (nSPS) is 11.8. The Morgan fingerprint density at radius 3 is 2.68 bits per heavy atom. The number of nitrogens with zero attached hydrogens (tertiary/aromatic N) is 2. The maximum Gasteiger partial charge on any atom is 0.433 e. The van der Waals surface area contributed by atoms with Gasteiger partial charge in [-0.15, -0.1) is 0 Å². The van der Waals surface area contributed by atoms with Crippen LogP contribution in [0.4, 0.5) is 5.88 Å². The first-order valence-electron chi connectivity index (χ1n) is 4.97. The fourth-order valence-corrected chi connectivity index (χ4v) is 1.05. The van der Waals surface area contributed by atoms with Crippen LogP contribution in [0.5, 0.6) is 0 Å². The van der Waals surface area contributed by atoms with Crippen LogP contribution in [-0.4, -0.2) is 16.0 Å². The van der Waals surface area contributed by atoms with Gasteiger partial charge in [0.15, 0.2) is 0 Å². The van der Waals surface area contributed by atoms with Crippen LogP contribution < -0.4 is 0 Å². The zero-order valence-electron chi connectivity index (χ0n) is 9.52. The minimum Gasteiger partial charge on any atom is -0.477 e. The average Bonchev–Trinajstić information content (AvgIpc) is 2.82. The van der Waals surface area contributed by atoms with Crippen LogP contribution in [0.25, 0.3) is 6.08 Å². The van der Waals surface area contributed by atoms with Gasteiger partial charge in [0.1, 0.15) is 22.3 Å². The molecule has 0 aliphatic rings. The van der Waals surface area contributed by atoms with Gasteiger partial charge in [-0.2, -0.15) is 5.26 Å². The monoisotopic (exact) mass is 260 g/mol. The number of hydrogen-bond donors (Lipinski definition) is 1. The molecule has 0 saturated heterocycles. The highest BCUT2D eigenvalue weighted by atomic mass is 16.6. The summed E-state index contributed by atoms with van der Waals surface area (Å²) in [5.41, 5.74) is -0.390. The van der Waals surface area contributed by atoms with Crippen molar-refractivity contribution in [2.75, 3.05) is 0 Å². The second kappa shape index (κ2) is 6.56. The van der Waals surface area contributed by atoms with E-state index in [2.05, 4.69) is 0 Å². The maximum atomic E-state index is 10.5. The quantitative estimate of drug-likeness (QED) is 0.285. The molecule has 19 heavy (non-hydrogen) atoms. The van der Waals surface area contributed by atoms with E-state index in [1.807, 2.05) is 0 Å². The lowest BCUT2D eigenvalue weighted by molar-refractivity contribution is -0.402. The highest BCUT2D eigenvalue weighted by Gasteiger charge is 2.09. The van der Waals surface area contributed by atoms with E-state index < -0.39 is 16.5 Å². The van der Waals surface area contributed by atoms with E-state index >= 15 is 0 Å². The van der Waals surface area contributed by atoms with Gasteiger partial charge in [-0.25, -0.2) is 4.79 Å². The lowest BCUT2D eigenvalue weighted by Crippen LogP contribution is -1.96. The van der Waals surface area contributed by atoms with Crippen molar-refractivity contribution >= 4 is 17.9 Å². The van der Waals surface area contributed by atoms with Crippen molar-refractivity contribution in [2.45, 2.75) is 0 Å². The molecule has 7 nitrogen and oxygen atoms in total. The molecule has 1 N–H and O–H groups in total. The van der Waals surface area contributed by atoms with Gasteiger partial charge in [-0.3, -0.25) is 10.1 Å². The topological polar surface area (TPSA) is 117 Å². The Morgan fingerprint density at radius 2 is 2.16 bits per heavy atom. The first-order chi connectivity index (χ1) is 9.04. The minimum atomic E-state index is -1.31. The van der Waals surface area contributed by atoms with Crippen molar-refractivity contribution in [1.29, 1.82) is 5.26 Å². The summed E-state index contributed by atoms with van der Waals surface area (Å²) in [6.07, 6.45) is 6.92. The smallest absolute Gasteiger partial charge is 0.433 e. The predicted octanol–water partition coefficient (Wildman–Crippen LogP) is 2.29. The molecule has 0 unspecified atom stereocenters. The van der Waals surface area contributed by atoms with Crippen LogP contribution >= 0.6 is 0 Å². The number of nitro groups is 1. The van der Waals surface area contributed by atoms with Gasteiger partial charge in [0.25, 0.3) is 0 Å². The second-order valence-electron chi connectivity index (χ2n) is 3.17. The van der Waals surface area contributed by atoms with Gasteiger partial charge in [0.05, 0.1) is 6.07 Å². The van der Waals surface area contributed by atoms with E-state index in [4.69, 9.17) is 14.8 Å². The largest absolute Gasteiger partial charge is 0.477 e. The molecule has 0 fully saturated rings. The van der Waals surface area contributed by atoms with Crippen LogP contribution in [0.3, 0.4) is 0 Å². The van der Waals surface area contributed by atoms with Crippen LogP contribution in [0, 0.1) is 21.4 Å². The number of aliphatic carboxylic acids is 1. The van der Waals surface area contributed by atoms with E-state index in [1.54, 1.807) is 0 Å². The van der Waals surface area contributed by atoms with Gasteiger partial charge in [0.2, 0.25) is 0 Å². The number of furan rings is 1. The Labute approximate surface area is 107 Å². The fraction of sp³-hybridized carbons (Fsp3) is 0. The van der Waals surface area contributed by atoms with Crippen LogP contribution in [0.2, 0.25) is 0 Å². The molecule has 96 valence electrons. The molecule has 0 bridgehead atoms. The molecule has 0 atom stereocenters. The molecule has 0 aromatic carbocycles. The lowest BCUT2D eigenvalue weighted by Gasteiger charge is -1.84. The van der Waals surface area contributed by atoms with Crippen molar-refractivity contribution in [3.8, 4) is 6.07 Å². The highest BCUT2D eigenvalue weighted by Crippen LogP contribution is 2.16. The third kappa shape index (κ3) is 4.32. The Kier molecular flexibility index (Phi) is 4.81. The Balaban J connectivity index is 2.66. The summed E-state index contributed by atoms with van der Waals surface area (Å²) in [6, 6.07) is 4.17. The van der Waals surface area contributed by atoms with E-state index in [1.165, 1.54) is 42.5 Å². The van der Waals surface area contributed by atoms with Crippen molar-refractivity contribution < 1.29 is 19.2 Å². The maximum absolute atomic E-state index is 10.5. The minimum absolute atomic E-state index is 0.291. The molecule has 7 heteroatoms. The van der Waals surface area contributed by atoms with E-state index in [0.717, 1.165) is 6.08 Å². The number of allylic oxidation sites excluding steroid dienone is 4. The molecule has 0 spiro atoms. The molecule has 1 rings (SSSR count). The van der Waals surface area contributed by atoms with Crippen molar-refractivity contribution in [3.05, 3.63) is 57.9 Å². The summed E-state index contributed by atoms with van der Waals surface area (Å²) < 4.78 is 4.85. The summed E-state index contributed by atoms with van der Waals surface area (Å²) in [5, 5.41) is 27.3. The van der Waals surface area contributed by atoms with Crippen molar-refractivity contribution in [3.63, 3.8) is 0 Å². The molecule has 1 aromatic heterocycles. The number of carbonyl (C=O) groups is 1. The number of carboxylic acids is 1. The lowest BCUT2D eigenvalue weighted by atomic mass is 10.2. The number of carboxylic acid groups (broad SMARTS) is 1. The molecule has 0 aliphatic heterocycles. The molecule has 0 saturated carbocycles. The van der Waals surface area contributed by atoms with Gasteiger partial charge < -0.3 is 9.52 Å². The summed E-state index contributed by atoms with van der Waals surface area (Å²) in [6.45, 7) is 0. The van der Waals surface area contributed by atoms with Gasteiger partial charge >= 0.3 is 11.9 Å². The van der Waals surface area contributed by atoms with E-state index in [0.29, 0.717) is 5.76 Å². The Hall–Kier alpha value is -3.14. The predicted molar refractivity (Wildman–Crippen MR) is 64.9 cm³/mol. The van der Waals surface area contributed by atoms with Crippen molar-refractivity contribution in [2.24, 2.45) is 0 Å². The first kappa shape index (κ1) is 13.9. The van der Waals surface area contributed by atoms with Crippen LogP contribution in [0.1, 0.15) is 5.76 Å². The van der Waals surface area contributed by atoms with Crippen molar-refractivity contribution in [1.82, 2.24) is 0 Å². The fourth-order valence-electron chi connectivity index (χ4n) is 1.05. The van der Waals surface area contributed by atoms with E-state index in [9.17, 15) is 14.9 Å². The molecule has 0 aliphatic carbocycles. The molecular formula is C12H8N2O5. The summed E-state index contributed by atoms with van der Waals surface area (Å²) in [7, 11) is 0. The molecular weight excluding hydrogens is 252 g/mol. The second-order valence-corrected chi connectivity index (χ2v) is 3.17. The van der Waals surface area contributed by atoms with Crippen LogP contribution in [0.15, 0.2) is 46.4 Å². The molecule has 1 aromatic rings. The first-order valence-corrected chi connectivity index (χ1v) is 4.97. The summed E-state index contributed by atoms with van der Waals surface area (Å²) in [4.78, 5) is 20.2. The average molecular weight is 260 g/mol. The third-order valence-corrected chi connectivity index (χ3v) is 1.89. The van der Waals surface area contributed by atoms with E-state index in [-0.39, 0.29) is 5.88 Å². The third-order valence-electron chi connectivity index (χ3n) is 1.89. The van der Waals surface area contributed by atoms with Gasteiger partial charge in [0, 0.05) is 0 Å². The Morgan fingerprint density at radius 1 is 1.42 bits per heavy atom. The number of hydrogen-bond acceptors (Lipinski definition) is 5. The zero-order valence-corrected chi connectivity index (χ0v) is 9.52. The van der Waals surface area contributed by atoms with Gasteiger partial charge in [-0.05, 0) is 18.2 Å². The van der Waals surface area contributed by atoms with Gasteiger partial charge in [-0.1, -0.05) is 18.2 Å². The highest BCUT2D eigenvalue weighted by molar-refractivity contribution is 5.91. The summed E-state index contributed by atoms with van der Waals surface area (Å²) >= 11 is 0. The van der Waals surface area contributed by atoms with Crippen LogP contribution in [-0.2, 0) is 4.79 Å². The molecule has 0 radical (unpaired) electrons. The number of rotatable bonds is 5.